The van der Waals surface area contributed by atoms with Gasteiger partial charge in [0.25, 0.3) is 5.69 Å². The summed E-state index contributed by atoms with van der Waals surface area (Å²) in [5, 5.41) is 23.3. The van der Waals surface area contributed by atoms with Gasteiger partial charge in [0.05, 0.1) is 16.1 Å². The van der Waals surface area contributed by atoms with E-state index in [1.165, 1.54) is 12.1 Å². The van der Waals surface area contributed by atoms with Crippen LogP contribution in [0, 0.1) is 10.1 Å². The highest BCUT2D eigenvalue weighted by Crippen LogP contribution is 2.31. The predicted molar refractivity (Wildman–Crippen MR) is 109 cm³/mol. The van der Waals surface area contributed by atoms with E-state index in [0.717, 1.165) is 18.2 Å². The number of carbonyl (C=O) groups excluding carboxylic acids is 2. The van der Waals surface area contributed by atoms with E-state index in [9.17, 15) is 24.5 Å². The number of amides is 1. The van der Waals surface area contributed by atoms with Crippen molar-refractivity contribution in [1.29, 1.82) is 0 Å². The number of benzene rings is 3. The molecule has 8 heteroatoms. The molecule has 150 valence electrons. The number of carbonyl (C=O) groups is 3. The van der Waals surface area contributed by atoms with Crippen molar-refractivity contribution < 1.29 is 24.4 Å². The topological polar surface area (TPSA) is 127 Å². The molecule has 0 aromatic heterocycles. The lowest BCUT2D eigenvalue weighted by atomic mass is 9.88. The highest BCUT2D eigenvalue weighted by Gasteiger charge is 2.35. The quantitative estimate of drug-likeness (QED) is 0.266. The fourth-order valence-corrected chi connectivity index (χ4v) is 2.99. The van der Waals surface area contributed by atoms with Gasteiger partial charge in [-0.1, -0.05) is 54.6 Å². The van der Waals surface area contributed by atoms with Crippen LogP contribution in [0.25, 0.3) is 0 Å². The number of hydrogen-bond donors (Lipinski definition) is 2. The highest BCUT2D eigenvalue weighted by molar-refractivity contribution is 6.18. The molecule has 3 aromatic carbocycles. The standard InChI is InChI=1S/C22H16N2O6/c25-20(14-7-3-1-4-8-14)19(21(26)23-16-9-5-2-6-10-16)17-12-11-15(22(27)28)13-18(17)24(29)30/h1-13,19H,(H,23,26)(H,27,28). The lowest BCUT2D eigenvalue weighted by molar-refractivity contribution is -0.385. The van der Waals surface area contributed by atoms with E-state index in [1.807, 2.05) is 0 Å². The SMILES string of the molecule is O=C(O)c1ccc(C(C(=O)Nc2ccccc2)C(=O)c2ccccc2)c([N+](=O)[O-])c1. The van der Waals surface area contributed by atoms with Crippen molar-refractivity contribution in [2.24, 2.45) is 0 Å². The third kappa shape index (κ3) is 4.39. The highest BCUT2D eigenvalue weighted by atomic mass is 16.6. The molecule has 30 heavy (non-hydrogen) atoms. The molecule has 1 atom stereocenters. The average Bonchev–Trinajstić information content (AvgIpc) is 2.75. The molecule has 1 amide bonds. The number of para-hydroxylation sites is 1. The van der Waals surface area contributed by atoms with Gasteiger partial charge in [0.2, 0.25) is 5.91 Å². The molecule has 0 heterocycles. The number of aromatic carboxylic acids is 1. The molecule has 0 spiro atoms. The van der Waals surface area contributed by atoms with Gasteiger partial charge < -0.3 is 10.4 Å². The zero-order valence-corrected chi connectivity index (χ0v) is 15.5. The van der Waals surface area contributed by atoms with E-state index in [1.54, 1.807) is 48.5 Å². The zero-order chi connectivity index (χ0) is 21.7. The molecular formula is C22H16N2O6. The van der Waals surface area contributed by atoms with Crippen LogP contribution in [0.1, 0.15) is 32.2 Å². The Labute approximate surface area is 170 Å². The number of nitro benzene ring substituents is 1. The van der Waals surface area contributed by atoms with Gasteiger partial charge in [0, 0.05) is 17.3 Å². The van der Waals surface area contributed by atoms with Crippen molar-refractivity contribution in [1.82, 2.24) is 0 Å². The molecule has 1 unspecified atom stereocenters. The molecule has 3 aromatic rings. The third-order valence-electron chi connectivity index (χ3n) is 4.41. The van der Waals surface area contributed by atoms with Crippen LogP contribution in [0.2, 0.25) is 0 Å². The second kappa shape index (κ2) is 8.78. The van der Waals surface area contributed by atoms with Crippen molar-refractivity contribution in [3.8, 4) is 0 Å². The van der Waals surface area contributed by atoms with Crippen LogP contribution in [-0.2, 0) is 4.79 Å². The summed E-state index contributed by atoms with van der Waals surface area (Å²) in [5.74, 6) is -4.31. The van der Waals surface area contributed by atoms with Crippen molar-refractivity contribution in [3.05, 3.63) is 106 Å². The van der Waals surface area contributed by atoms with E-state index in [2.05, 4.69) is 5.32 Å². The Morgan fingerprint density at radius 3 is 2.03 bits per heavy atom. The third-order valence-corrected chi connectivity index (χ3v) is 4.41. The number of ketones is 1. The largest absolute Gasteiger partial charge is 0.478 e. The summed E-state index contributed by atoms with van der Waals surface area (Å²) < 4.78 is 0. The first kappa shape index (κ1) is 20.4. The van der Waals surface area contributed by atoms with Crippen molar-refractivity contribution in [2.75, 3.05) is 5.32 Å². The number of anilines is 1. The number of nitro groups is 1. The van der Waals surface area contributed by atoms with Crippen LogP contribution in [-0.4, -0.2) is 27.7 Å². The lowest BCUT2D eigenvalue weighted by Crippen LogP contribution is -2.28. The molecule has 3 rings (SSSR count). The summed E-state index contributed by atoms with van der Waals surface area (Å²) in [7, 11) is 0. The number of carboxylic acids is 1. The summed E-state index contributed by atoms with van der Waals surface area (Å²) in [6, 6.07) is 19.4. The molecule has 0 fully saturated rings. The van der Waals surface area contributed by atoms with E-state index in [-0.39, 0.29) is 16.7 Å². The second-order valence-corrected chi connectivity index (χ2v) is 6.35. The van der Waals surface area contributed by atoms with Crippen LogP contribution in [0.3, 0.4) is 0 Å². The minimum Gasteiger partial charge on any atom is -0.478 e. The first-order valence-corrected chi connectivity index (χ1v) is 8.85. The Morgan fingerprint density at radius 2 is 1.47 bits per heavy atom. The first-order valence-electron chi connectivity index (χ1n) is 8.85. The normalized spacial score (nSPS) is 11.3. The summed E-state index contributed by atoms with van der Waals surface area (Å²) >= 11 is 0. The van der Waals surface area contributed by atoms with Gasteiger partial charge in [-0.2, -0.15) is 0 Å². The first-order chi connectivity index (χ1) is 14.4. The summed E-state index contributed by atoms with van der Waals surface area (Å²) in [4.78, 5) is 48.2. The number of nitrogens with zero attached hydrogens (tertiary/aromatic N) is 1. The molecule has 0 aliphatic carbocycles. The Morgan fingerprint density at radius 1 is 0.867 bits per heavy atom. The maximum atomic E-state index is 13.2. The average molecular weight is 404 g/mol. The predicted octanol–water partition coefficient (Wildman–Crippen LogP) is 3.90. The minimum absolute atomic E-state index is 0.188. The fourth-order valence-electron chi connectivity index (χ4n) is 2.99. The lowest BCUT2D eigenvalue weighted by Gasteiger charge is -2.17. The Bertz CT molecular complexity index is 1110. The van der Waals surface area contributed by atoms with Crippen LogP contribution < -0.4 is 5.32 Å². The van der Waals surface area contributed by atoms with Crippen LogP contribution >= 0.6 is 0 Å². The van der Waals surface area contributed by atoms with Gasteiger partial charge in [-0.25, -0.2) is 4.79 Å². The van der Waals surface area contributed by atoms with Crippen LogP contribution in [0.4, 0.5) is 11.4 Å². The van der Waals surface area contributed by atoms with E-state index >= 15 is 0 Å². The van der Waals surface area contributed by atoms with Gasteiger partial charge in [-0.15, -0.1) is 0 Å². The monoisotopic (exact) mass is 404 g/mol. The maximum Gasteiger partial charge on any atom is 0.335 e. The molecule has 0 aliphatic heterocycles. The zero-order valence-electron chi connectivity index (χ0n) is 15.5. The van der Waals surface area contributed by atoms with Crippen LogP contribution in [0.5, 0.6) is 0 Å². The van der Waals surface area contributed by atoms with E-state index in [0.29, 0.717) is 5.69 Å². The van der Waals surface area contributed by atoms with Crippen molar-refractivity contribution in [3.63, 3.8) is 0 Å². The fraction of sp³-hybridized carbons (Fsp3) is 0.0455. The smallest absolute Gasteiger partial charge is 0.335 e. The molecule has 0 aliphatic rings. The molecule has 0 bridgehead atoms. The van der Waals surface area contributed by atoms with Gasteiger partial charge in [-0.05, 0) is 18.2 Å². The van der Waals surface area contributed by atoms with Crippen molar-refractivity contribution >= 4 is 29.0 Å². The molecule has 8 nitrogen and oxygen atoms in total. The summed E-state index contributed by atoms with van der Waals surface area (Å²) in [6.45, 7) is 0. The van der Waals surface area contributed by atoms with E-state index < -0.39 is 34.2 Å². The van der Waals surface area contributed by atoms with Gasteiger partial charge in [-0.3, -0.25) is 19.7 Å². The summed E-state index contributed by atoms with van der Waals surface area (Å²) in [5.41, 5.74) is -0.514. The van der Waals surface area contributed by atoms with Gasteiger partial charge >= 0.3 is 5.97 Å². The van der Waals surface area contributed by atoms with Crippen molar-refractivity contribution in [2.45, 2.75) is 5.92 Å². The maximum absolute atomic E-state index is 13.2. The molecule has 2 N–H and O–H groups in total. The minimum atomic E-state index is -1.55. The van der Waals surface area contributed by atoms with Gasteiger partial charge in [0.1, 0.15) is 5.92 Å². The van der Waals surface area contributed by atoms with Crippen LogP contribution in [0.15, 0.2) is 78.9 Å². The number of nitrogens with one attached hydrogen (secondary N) is 1. The van der Waals surface area contributed by atoms with E-state index in [4.69, 9.17) is 5.11 Å². The molecule has 0 saturated carbocycles. The molecule has 0 radical (unpaired) electrons. The number of rotatable bonds is 7. The molecule has 0 saturated heterocycles. The Hall–Kier alpha value is -4.33. The Kier molecular flexibility index (Phi) is 5.97. The number of hydrogen-bond acceptors (Lipinski definition) is 5. The second-order valence-electron chi connectivity index (χ2n) is 6.35. The number of Topliss-reactive ketones (excluding diaryl/α,β-unsaturated/α-hetero) is 1. The van der Waals surface area contributed by atoms with Gasteiger partial charge in [0.15, 0.2) is 5.78 Å². The Balaban J connectivity index is 2.12. The molecular weight excluding hydrogens is 388 g/mol. The number of carboxylic acid groups (broad SMARTS) is 1. The summed E-state index contributed by atoms with van der Waals surface area (Å²) in [6.07, 6.45) is 0.